The molecule has 0 aliphatic carbocycles. The fourth-order valence-electron chi connectivity index (χ4n) is 1.28. The van der Waals surface area contributed by atoms with Crippen molar-refractivity contribution in [1.82, 2.24) is 10.2 Å². The molecular formula is C12H12BrN3O2S. The van der Waals surface area contributed by atoms with Gasteiger partial charge in [-0.3, -0.25) is 10.1 Å². The summed E-state index contributed by atoms with van der Waals surface area (Å²) in [7, 11) is 0. The lowest BCUT2D eigenvalue weighted by Crippen LogP contribution is -2.20. The Morgan fingerprint density at radius 1 is 1.37 bits per heavy atom. The molecule has 0 unspecified atom stereocenters. The Morgan fingerprint density at radius 2 is 2.11 bits per heavy atom. The zero-order chi connectivity index (χ0) is 13.7. The van der Waals surface area contributed by atoms with Crippen molar-refractivity contribution in [1.29, 1.82) is 0 Å². The molecule has 1 amide bonds. The summed E-state index contributed by atoms with van der Waals surface area (Å²) in [6.07, 6.45) is 0.808. The smallest absolute Gasteiger partial charge is 0.264 e. The Labute approximate surface area is 123 Å². The molecule has 0 atom stereocenters. The molecule has 0 saturated heterocycles. The van der Waals surface area contributed by atoms with Crippen LogP contribution in [0.1, 0.15) is 11.9 Å². The maximum atomic E-state index is 11.6. The zero-order valence-electron chi connectivity index (χ0n) is 10.2. The summed E-state index contributed by atoms with van der Waals surface area (Å²) in [5, 5.41) is 11.8. The second-order valence-electron chi connectivity index (χ2n) is 3.65. The fraction of sp³-hybridized carbons (Fsp3) is 0.250. The number of nitrogens with zero attached hydrogens (tertiary/aromatic N) is 2. The average Bonchev–Trinajstić information content (AvgIpc) is 2.86. The van der Waals surface area contributed by atoms with Gasteiger partial charge in [0.15, 0.2) is 6.61 Å². The highest BCUT2D eigenvalue weighted by atomic mass is 79.9. The maximum absolute atomic E-state index is 11.6. The Hall–Kier alpha value is -1.47. The highest BCUT2D eigenvalue weighted by molar-refractivity contribution is 9.10. The SMILES string of the molecule is CCc1nnc(NC(=O)COc2ccc(Br)cc2)s1. The van der Waals surface area contributed by atoms with Gasteiger partial charge in [0.05, 0.1) is 0 Å². The molecule has 19 heavy (non-hydrogen) atoms. The van der Waals surface area contributed by atoms with Crippen LogP contribution >= 0.6 is 27.3 Å². The summed E-state index contributed by atoms with van der Waals surface area (Å²) in [5.74, 6) is 0.395. The van der Waals surface area contributed by atoms with E-state index < -0.39 is 0 Å². The summed E-state index contributed by atoms with van der Waals surface area (Å²) in [4.78, 5) is 11.6. The number of carbonyl (C=O) groups excluding carboxylic acids is 1. The Kier molecular flexibility index (Phi) is 4.86. The summed E-state index contributed by atoms with van der Waals surface area (Å²) in [6.45, 7) is 1.94. The zero-order valence-corrected chi connectivity index (χ0v) is 12.6. The highest BCUT2D eigenvalue weighted by Crippen LogP contribution is 2.17. The van der Waals surface area contributed by atoms with Crippen molar-refractivity contribution in [2.45, 2.75) is 13.3 Å². The second kappa shape index (κ2) is 6.63. The normalized spacial score (nSPS) is 10.2. The van der Waals surface area contributed by atoms with E-state index >= 15 is 0 Å². The molecule has 2 aromatic rings. The van der Waals surface area contributed by atoms with Crippen LogP contribution in [0.2, 0.25) is 0 Å². The number of nitrogens with one attached hydrogen (secondary N) is 1. The number of hydrogen-bond donors (Lipinski definition) is 1. The van der Waals surface area contributed by atoms with Crippen LogP contribution in [0.4, 0.5) is 5.13 Å². The van der Waals surface area contributed by atoms with E-state index in [0.717, 1.165) is 15.9 Å². The molecule has 2 rings (SSSR count). The molecule has 0 aliphatic rings. The summed E-state index contributed by atoms with van der Waals surface area (Å²) < 4.78 is 6.31. The van der Waals surface area contributed by atoms with Crippen LogP contribution in [0.15, 0.2) is 28.7 Å². The van der Waals surface area contributed by atoms with E-state index in [1.807, 2.05) is 19.1 Å². The Morgan fingerprint density at radius 3 is 2.74 bits per heavy atom. The number of amides is 1. The van der Waals surface area contributed by atoms with Gasteiger partial charge in [-0.25, -0.2) is 0 Å². The van der Waals surface area contributed by atoms with Crippen molar-refractivity contribution in [2.24, 2.45) is 0 Å². The van der Waals surface area contributed by atoms with Crippen molar-refractivity contribution in [2.75, 3.05) is 11.9 Å². The van der Waals surface area contributed by atoms with Crippen LogP contribution in [0.3, 0.4) is 0 Å². The van der Waals surface area contributed by atoms with Crippen LogP contribution in [0.25, 0.3) is 0 Å². The van der Waals surface area contributed by atoms with Gasteiger partial charge < -0.3 is 4.74 Å². The number of benzene rings is 1. The molecule has 0 radical (unpaired) electrons. The van der Waals surface area contributed by atoms with Gasteiger partial charge in [0.1, 0.15) is 10.8 Å². The van der Waals surface area contributed by atoms with Gasteiger partial charge in [0, 0.05) is 4.47 Å². The van der Waals surface area contributed by atoms with Gasteiger partial charge in [-0.2, -0.15) is 0 Å². The van der Waals surface area contributed by atoms with E-state index in [1.165, 1.54) is 11.3 Å². The standard InChI is InChI=1S/C12H12BrN3O2S/c1-2-11-15-16-12(19-11)14-10(17)7-18-9-5-3-8(13)4-6-9/h3-6H,2,7H2,1H3,(H,14,16,17). The second-order valence-corrected chi connectivity index (χ2v) is 5.62. The van der Waals surface area contributed by atoms with Crippen LogP contribution in [0.5, 0.6) is 5.75 Å². The molecule has 0 saturated carbocycles. The van der Waals surface area contributed by atoms with E-state index in [0.29, 0.717) is 10.9 Å². The first-order valence-electron chi connectivity index (χ1n) is 5.68. The fourth-order valence-corrected chi connectivity index (χ4v) is 2.24. The minimum absolute atomic E-state index is 0.0529. The van der Waals surface area contributed by atoms with Gasteiger partial charge >= 0.3 is 0 Å². The molecule has 1 heterocycles. The molecule has 1 aromatic carbocycles. The lowest BCUT2D eigenvalue weighted by Gasteiger charge is -2.05. The minimum Gasteiger partial charge on any atom is -0.484 e. The van der Waals surface area contributed by atoms with Crippen LogP contribution < -0.4 is 10.1 Å². The first-order valence-corrected chi connectivity index (χ1v) is 7.29. The average molecular weight is 342 g/mol. The number of aryl methyl sites for hydroxylation is 1. The first kappa shape index (κ1) is 14.0. The van der Waals surface area contributed by atoms with E-state index in [4.69, 9.17) is 4.74 Å². The molecule has 100 valence electrons. The molecule has 0 fully saturated rings. The number of hydrogen-bond acceptors (Lipinski definition) is 5. The van der Waals surface area contributed by atoms with Crippen molar-refractivity contribution in [3.63, 3.8) is 0 Å². The largest absolute Gasteiger partial charge is 0.484 e. The third-order valence-corrected chi connectivity index (χ3v) is 3.71. The van der Waals surface area contributed by atoms with Crippen LogP contribution in [0, 0.1) is 0 Å². The van der Waals surface area contributed by atoms with Gasteiger partial charge in [0.25, 0.3) is 5.91 Å². The van der Waals surface area contributed by atoms with Gasteiger partial charge in [-0.1, -0.05) is 34.2 Å². The molecule has 0 spiro atoms. The number of ether oxygens (including phenoxy) is 1. The van der Waals surface area contributed by atoms with E-state index in [9.17, 15) is 4.79 Å². The van der Waals surface area contributed by atoms with E-state index in [-0.39, 0.29) is 12.5 Å². The monoisotopic (exact) mass is 341 g/mol. The summed E-state index contributed by atoms with van der Waals surface area (Å²) >= 11 is 4.70. The Bertz CT molecular complexity index is 556. The molecule has 1 N–H and O–H groups in total. The molecule has 0 aliphatic heterocycles. The number of carbonyl (C=O) groups is 1. The third kappa shape index (κ3) is 4.29. The molecule has 5 nitrogen and oxygen atoms in total. The first-order chi connectivity index (χ1) is 9.17. The number of halogens is 1. The molecule has 0 bridgehead atoms. The van der Waals surface area contributed by atoms with Crippen LogP contribution in [-0.2, 0) is 11.2 Å². The van der Waals surface area contributed by atoms with Gasteiger partial charge in [-0.05, 0) is 30.7 Å². The number of anilines is 1. The predicted octanol–water partition coefficient (Wildman–Crippen LogP) is 2.88. The Balaban J connectivity index is 1.82. The topological polar surface area (TPSA) is 64.1 Å². The van der Waals surface area contributed by atoms with Crippen molar-refractivity contribution >= 4 is 38.3 Å². The van der Waals surface area contributed by atoms with E-state index in [2.05, 4.69) is 31.4 Å². The maximum Gasteiger partial charge on any atom is 0.264 e. The molecule has 7 heteroatoms. The van der Waals surface area contributed by atoms with Crippen molar-refractivity contribution in [3.05, 3.63) is 33.7 Å². The summed E-state index contributed by atoms with van der Waals surface area (Å²) in [6, 6.07) is 7.28. The predicted molar refractivity (Wildman–Crippen MR) is 77.6 cm³/mol. The lowest BCUT2D eigenvalue weighted by atomic mass is 10.3. The summed E-state index contributed by atoms with van der Waals surface area (Å²) in [5.41, 5.74) is 0. The van der Waals surface area contributed by atoms with Gasteiger partial charge in [0.2, 0.25) is 5.13 Å². The van der Waals surface area contributed by atoms with Crippen molar-refractivity contribution < 1.29 is 9.53 Å². The van der Waals surface area contributed by atoms with Gasteiger partial charge in [-0.15, -0.1) is 10.2 Å². The lowest BCUT2D eigenvalue weighted by molar-refractivity contribution is -0.118. The van der Waals surface area contributed by atoms with E-state index in [1.54, 1.807) is 12.1 Å². The molecule has 1 aromatic heterocycles. The highest BCUT2D eigenvalue weighted by Gasteiger charge is 2.08. The minimum atomic E-state index is -0.248. The number of aromatic nitrogens is 2. The van der Waals surface area contributed by atoms with Crippen LogP contribution in [-0.4, -0.2) is 22.7 Å². The molecular weight excluding hydrogens is 330 g/mol. The quantitative estimate of drug-likeness (QED) is 0.908. The number of rotatable bonds is 5. The van der Waals surface area contributed by atoms with Crippen molar-refractivity contribution in [3.8, 4) is 5.75 Å². The third-order valence-electron chi connectivity index (χ3n) is 2.20.